The minimum Gasteiger partial charge on any atom is -0.337 e. The lowest BCUT2D eigenvalue weighted by Crippen LogP contribution is -2.39. The van der Waals surface area contributed by atoms with E-state index in [1.807, 2.05) is 25.1 Å². The lowest BCUT2D eigenvalue weighted by Gasteiger charge is -2.32. The zero-order valence-corrected chi connectivity index (χ0v) is 16.8. The van der Waals surface area contributed by atoms with E-state index in [-0.39, 0.29) is 11.6 Å². The molecule has 1 aliphatic heterocycles. The third-order valence-electron chi connectivity index (χ3n) is 5.82. The zero-order chi connectivity index (χ0) is 21.3. The average Bonchev–Trinajstić information content (AvgIpc) is 3.12. The number of aryl methyl sites for hydroxylation is 1. The fourth-order valence-corrected chi connectivity index (χ4v) is 4.17. The second-order valence-electron chi connectivity index (χ2n) is 7.83. The molecule has 3 aromatic rings. The topological polar surface area (TPSA) is 37.6 Å². The minimum absolute atomic E-state index is 0.239. The highest BCUT2D eigenvalue weighted by Crippen LogP contribution is 2.30. The average molecular weight is 415 g/mol. The van der Waals surface area contributed by atoms with Crippen molar-refractivity contribution < 1.29 is 18.0 Å². The molecule has 7 heteroatoms. The molecule has 0 unspecified atom stereocenters. The van der Waals surface area contributed by atoms with E-state index in [1.165, 1.54) is 16.0 Å². The maximum Gasteiger partial charge on any atom is 0.417 e. The first kappa shape index (κ1) is 20.4. The Balaban J connectivity index is 1.54. The molecule has 0 atom stereocenters. The van der Waals surface area contributed by atoms with E-state index in [9.17, 15) is 18.0 Å². The molecule has 1 aromatic carbocycles. The smallest absolute Gasteiger partial charge is 0.337 e. The van der Waals surface area contributed by atoms with Gasteiger partial charge in [0.2, 0.25) is 0 Å². The second kappa shape index (κ2) is 8.13. The molecule has 0 aliphatic carbocycles. The summed E-state index contributed by atoms with van der Waals surface area (Å²) in [5.74, 6) is 0.262. The number of pyridine rings is 1. The highest BCUT2D eigenvalue weighted by atomic mass is 19.4. The van der Waals surface area contributed by atoms with Gasteiger partial charge < -0.3 is 4.90 Å². The first-order valence-corrected chi connectivity index (χ1v) is 10.3. The lowest BCUT2D eigenvalue weighted by atomic mass is 9.90. The Bertz CT molecular complexity index is 1040. The van der Waals surface area contributed by atoms with E-state index in [0.29, 0.717) is 36.8 Å². The van der Waals surface area contributed by atoms with E-state index in [0.717, 1.165) is 31.5 Å². The maximum absolute atomic E-state index is 13.3. The molecule has 2 aromatic heterocycles. The number of likely N-dealkylation sites (tertiary alicyclic amines) is 1. The Morgan fingerprint density at radius 1 is 1.10 bits per heavy atom. The Hall–Kier alpha value is -2.83. The molecule has 4 nitrogen and oxygen atoms in total. The molecule has 0 spiro atoms. The highest BCUT2D eigenvalue weighted by molar-refractivity contribution is 5.95. The number of piperidine rings is 1. The van der Waals surface area contributed by atoms with Crippen molar-refractivity contribution in [3.8, 4) is 0 Å². The largest absolute Gasteiger partial charge is 0.417 e. The van der Waals surface area contributed by atoms with Crippen LogP contribution >= 0.6 is 0 Å². The number of fused-ring (bicyclic) bond motifs is 1. The van der Waals surface area contributed by atoms with Crippen LogP contribution in [0.25, 0.3) is 5.65 Å². The molecular weight excluding hydrogens is 391 g/mol. The van der Waals surface area contributed by atoms with Gasteiger partial charge in [-0.1, -0.05) is 37.3 Å². The van der Waals surface area contributed by atoms with Gasteiger partial charge in [-0.15, -0.1) is 0 Å². The number of hydrogen-bond acceptors (Lipinski definition) is 2. The van der Waals surface area contributed by atoms with Crippen molar-refractivity contribution in [2.45, 2.75) is 38.8 Å². The Morgan fingerprint density at radius 3 is 2.43 bits per heavy atom. The number of nitrogens with zero attached hydrogens (tertiary/aromatic N) is 3. The van der Waals surface area contributed by atoms with Gasteiger partial charge in [0.25, 0.3) is 5.91 Å². The summed E-state index contributed by atoms with van der Waals surface area (Å²) in [6.45, 7) is 3.06. The molecular formula is C23H24F3N3O. The lowest BCUT2D eigenvalue weighted by molar-refractivity contribution is -0.137. The molecule has 30 heavy (non-hydrogen) atoms. The summed E-state index contributed by atoms with van der Waals surface area (Å²) >= 11 is 0. The molecule has 3 heterocycles. The van der Waals surface area contributed by atoms with E-state index in [2.05, 4.69) is 17.1 Å². The predicted octanol–water partition coefficient (Wildman–Crippen LogP) is 5.01. The number of halogens is 3. The van der Waals surface area contributed by atoms with Crippen LogP contribution in [0.2, 0.25) is 0 Å². The van der Waals surface area contributed by atoms with Gasteiger partial charge in [-0.25, -0.2) is 4.98 Å². The molecule has 1 saturated heterocycles. The van der Waals surface area contributed by atoms with Gasteiger partial charge in [0.15, 0.2) is 0 Å². The van der Waals surface area contributed by atoms with Gasteiger partial charge in [-0.2, -0.15) is 13.2 Å². The van der Waals surface area contributed by atoms with Crippen molar-refractivity contribution in [1.29, 1.82) is 0 Å². The molecule has 158 valence electrons. The Morgan fingerprint density at radius 2 is 1.80 bits per heavy atom. The van der Waals surface area contributed by atoms with Crippen LogP contribution in [0.3, 0.4) is 0 Å². The van der Waals surface area contributed by atoms with Crippen LogP contribution in [0, 0.1) is 5.92 Å². The van der Waals surface area contributed by atoms with Crippen LogP contribution < -0.4 is 0 Å². The van der Waals surface area contributed by atoms with Crippen LogP contribution in [-0.2, 0) is 19.0 Å². The quantitative estimate of drug-likeness (QED) is 0.601. The van der Waals surface area contributed by atoms with E-state index >= 15 is 0 Å². The molecule has 1 fully saturated rings. The maximum atomic E-state index is 13.3. The van der Waals surface area contributed by atoms with Gasteiger partial charge in [0.1, 0.15) is 11.3 Å². The normalized spacial score (nSPS) is 15.7. The van der Waals surface area contributed by atoms with Crippen LogP contribution in [0.5, 0.6) is 0 Å². The SMILES string of the molecule is CCc1nc2ccc(C(F)(F)F)cn2c1C(=O)N1CCC(Cc2ccccc2)CC1. The second-order valence-corrected chi connectivity index (χ2v) is 7.83. The molecule has 0 radical (unpaired) electrons. The number of carbonyl (C=O) groups is 1. The summed E-state index contributed by atoms with van der Waals surface area (Å²) < 4.78 is 40.9. The summed E-state index contributed by atoms with van der Waals surface area (Å²) in [5, 5.41) is 0. The van der Waals surface area contributed by atoms with E-state index < -0.39 is 11.7 Å². The minimum atomic E-state index is -4.47. The van der Waals surface area contributed by atoms with Gasteiger partial charge in [-0.05, 0) is 49.3 Å². The zero-order valence-electron chi connectivity index (χ0n) is 16.8. The third-order valence-corrected chi connectivity index (χ3v) is 5.82. The van der Waals surface area contributed by atoms with Crippen molar-refractivity contribution in [1.82, 2.24) is 14.3 Å². The monoisotopic (exact) mass is 415 g/mol. The molecule has 0 N–H and O–H groups in total. The van der Waals surface area contributed by atoms with Crippen molar-refractivity contribution >= 4 is 11.6 Å². The standard InChI is InChI=1S/C23H24F3N3O/c1-2-19-21(29-15-18(23(24,25)26)8-9-20(29)27-19)22(30)28-12-10-17(11-13-28)14-16-6-4-3-5-7-16/h3-9,15,17H,2,10-14H2,1H3. The van der Waals surface area contributed by atoms with Gasteiger partial charge in [0.05, 0.1) is 11.3 Å². The van der Waals surface area contributed by atoms with Crippen molar-refractivity contribution in [2.75, 3.05) is 13.1 Å². The summed E-state index contributed by atoms with van der Waals surface area (Å²) in [7, 11) is 0. The number of carbonyl (C=O) groups excluding carboxylic acids is 1. The van der Waals surface area contributed by atoms with Crippen LogP contribution in [-0.4, -0.2) is 33.3 Å². The van der Waals surface area contributed by atoms with Crippen molar-refractivity contribution in [3.63, 3.8) is 0 Å². The van der Waals surface area contributed by atoms with Gasteiger partial charge in [-0.3, -0.25) is 9.20 Å². The predicted molar refractivity (Wildman–Crippen MR) is 108 cm³/mol. The fourth-order valence-electron chi connectivity index (χ4n) is 4.17. The fraction of sp³-hybridized carbons (Fsp3) is 0.391. The highest BCUT2D eigenvalue weighted by Gasteiger charge is 2.33. The molecule has 0 saturated carbocycles. The summed E-state index contributed by atoms with van der Waals surface area (Å²) in [6, 6.07) is 12.6. The van der Waals surface area contributed by atoms with Crippen LogP contribution in [0.4, 0.5) is 13.2 Å². The summed E-state index contributed by atoms with van der Waals surface area (Å²) in [4.78, 5) is 19.4. The Kier molecular flexibility index (Phi) is 5.54. The first-order valence-electron chi connectivity index (χ1n) is 10.3. The van der Waals surface area contributed by atoms with Crippen LogP contribution in [0.1, 0.15) is 47.1 Å². The summed E-state index contributed by atoms with van der Waals surface area (Å²) in [6.07, 6.45) is -0.265. The molecule has 1 amide bonds. The van der Waals surface area contributed by atoms with Crippen LogP contribution in [0.15, 0.2) is 48.7 Å². The number of rotatable bonds is 4. The summed E-state index contributed by atoms with van der Waals surface area (Å²) in [5.41, 5.74) is 1.65. The van der Waals surface area contributed by atoms with Gasteiger partial charge in [0, 0.05) is 19.3 Å². The molecule has 4 rings (SSSR count). The molecule has 1 aliphatic rings. The Labute approximate surface area is 173 Å². The van der Waals surface area contributed by atoms with E-state index in [1.54, 1.807) is 4.90 Å². The van der Waals surface area contributed by atoms with Gasteiger partial charge >= 0.3 is 6.18 Å². The number of amides is 1. The first-order chi connectivity index (χ1) is 14.4. The van der Waals surface area contributed by atoms with Crippen molar-refractivity contribution in [3.05, 3.63) is 71.2 Å². The number of hydrogen-bond donors (Lipinski definition) is 0. The number of benzene rings is 1. The van der Waals surface area contributed by atoms with Crippen molar-refractivity contribution in [2.24, 2.45) is 5.92 Å². The number of alkyl halides is 3. The molecule has 0 bridgehead atoms. The van der Waals surface area contributed by atoms with E-state index in [4.69, 9.17) is 0 Å². The number of imidazole rings is 1. The third kappa shape index (κ3) is 4.06. The number of aromatic nitrogens is 2.